The van der Waals surface area contributed by atoms with Crippen molar-refractivity contribution in [1.29, 1.82) is 0 Å². The van der Waals surface area contributed by atoms with E-state index in [1.54, 1.807) is 22.7 Å². The van der Waals surface area contributed by atoms with Crippen molar-refractivity contribution >= 4 is 22.7 Å². The number of hydrogen-bond acceptors (Lipinski definition) is 4. The van der Waals surface area contributed by atoms with E-state index in [0.717, 1.165) is 12.8 Å². The van der Waals surface area contributed by atoms with Crippen LogP contribution in [0.25, 0.3) is 0 Å². The number of aromatic nitrogens is 1. The number of nitrogens with one attached hydrogen (secondary N) is 1. The summed E-state index contributed by atoms with van der Waals surface area (Å²) in [4.78, 5) is 5.44. The first-order chi connectivity index (χ1) is 7.40. The summed E-state index contributed by atoms with van der Waals surface area (Å²) in [6.45, 7) is 0. The van der Waals surface area contributed by atoms with Crippen LogP contribution in [0.1, 0.15) is 22.9 Å². The van der Waals surface area contributed by atoms with Crippen molar-refractivity contribution in [3.05, 3.63) is 39.0 Å². The highest BCUT2D eigenvalue weighted by Gasteiger charge is 2.10. The highest BCUT2D eigenvalue weighted by atomic mass is 32.1. The zero-order chi connectivity index (χ0) is 10.5. The van der Waals surface area contributed by atoms with Crippen LogP contribution < -0.4 is 5.32 Å². The van der Waals surface area contributed by atoms with Gasteiger partial charge in [-0.25, -0.2) is 0 Å². The van der Waals surface area contributed by atoms with Crippen molar-refractivity contribution in [2.45, 2.75) is 18.9 Å². The van der Waals surface area contributed by atoms with Crippen LogP contribution in [-0.4, -0.2) is 12.0 Å². The summed E-state index contributed by atoms with van der Waals surface area (Å²) in [5.41, 5.74) is 3.33. The van der Waals surface area contributed by atoms with E-state index in [0.29, 0.717) is 6.04 Å². The fourth-order valence-corrected chi connectivity index (χ4v) is 3.04. The standard InChI is InChI=1S/C11H14N2S2/c1-12-10(11-6-13-8-15-11)3-2-9-4-5-14-7-9/h4-8,10,12H,2-3H2,1H3. The van der Waals surface area contributed by atoms with Crippen molar-refractivity contribution in [2.75, 3.05) is 7.05 Å². The summed E-state index contributed by atoms with van der Waals surface area (Å²) in [6.07, 6.45) is 4.22. The summed E-state index contributed by atoms with van der Waals surface area (Å²) in [5, 5.41) is 7.70. The molecule has 2 heterocycles. The Labute approximate surface area is 98.0 Å². The van der Waals surface area contributed by atoms with E-state index in [2.05, 4.69) is 27.1 Å². The second-order valence-electron chi connectivity index (χ2n) is 3.42. The number of nitrogens with zero attached hydrogens (tertiary/aromatic N) is 1. The molecule has 0 radical (unpaired) electrons. The van der Waals surface area contributed by atoms with Gasteiger partial charge in [-0.1, -0.05) is 0 Å². The molecule has 0 aliphatic carbocycles. The number of rotatable bonds is 5. The molecule has 0 fully saturated rings. The highest BCUT2D eigenvalue weighted by molar-refractivity contribution is 7.09. The molecule has 2 nitrogen and oxygen atoms in total. The van der Waals surface area contributed by atoms with E-state index in [1.165, 1.54) is 10.4 Å². The van der Waals surface area contributed by atoms with Crippen LogP contribution >= 0.6 is 22.7 Å². The molecule has 0 amide bonds. The third kappa shape index (κ3) is 2.87. The Morgan fingerprint density at radius 1 is 1.53 bits per heavy atom. The topological polar surface area (TPSA) is 24.9 Å². The van der Waals surface area contributed by atoms with Crippen molar-refractivity contribution in [2.24, 2.45) is 0 Å². The van der Waals surface area contributed by atoms with Gasteiger partial charge in [-0.3, -0.25) is 4.98 Å². The van der Waals surface area contributed by atoms with Gasteiger partial charge in [-0.2, -0.15) is 11.3 Å². The Morgan fingerprint density at radius 2 is 2.47 bits per heavy atom. The van der Waals surface area contributed by atoms with Crippen molar-refractivity contribution in [3.8, 4) is 0 Å². The molecule has 1 atom stereocenters. The lowest BCUT2D eigenvalue weighted by atomic mass is 10.1. The number of aryl methyl sites for hydroxylation is 1. The minimum atomic E-state index is 0.442. The first-order valence-corrected chi connectivity index (χ1v) is 6.79. The molecule has 0 saturated carbocycles. The number of hydrogen-bond donors (Lipinski definition) is 1. The molecular formula is C11H14N2S2. The van der Waals surface area contributed by atoms with Gasteiger partial charge in [-0.05, 0) is 42.3 Å². The van der Waals surface area contributed by atoms with Crippen LogP contribution in [0.15, 0.2) is 28.5 Å². The molecule has 0 aromatic carbocycles. The van der Waals surface area contributed by atoms with Gasteiger partial charge < -0.3 is 5.32 Å². The summed E-state index contributed by atoms with van der Waals surface area (Å²) < 4.78 is 0. The van der Waals surface area contributed by atoms with Crippen molar-refractivity contribution < 1.29 is 0 Å². The van der Waals surface area contributed by atoms with Crippen molar-refractivity contribution in [1.82, 2.24) is 10.3 Å². The summed E-state index contributed by atoms with van der Waals surface area (Å²) in [5.74, 6) is 0. The Morgan fingerprint density at radius 3 is 3.07 bits per heavy atom. The average Bonchev–Trinajstić information content (AvgIpc) is 2.90. The lowest BCUT2D eigenvalue weighted by molar-refractivity contribution is 0.557. The van der Waals surface area contributed by atoms with Crippen LogP contribution in [0.2, 0.25) is 0 Å². The molecule has 0 aliphatic rings. The highest BCUT2D eigenvalue weighted by Crippen LogP contribution is 2.22. The van der Waals surface area contributed by atoms with Crippen LogP contribution in [-0.2, 0) is 6.42 Å². The van der Waals surface area contributed by atoms with E-state index in [9.17, 15) is 0 Å². The molecule has 80 valence electrons. The first kappa shape index (κ1) is 10.8. The van der Waals surface area contributed by atoms with Gasteiger partial charge in [0.2, 0.25) is 0 Å². The predicted octanol–water partition coefficient (Wildman–Crippen LogP) is 3.10. The zero-order valence-corrected chi connectivity index (χ0v) is 10.3. The fourth-order valence-electron chi connectivity index (χ4n) is 1.57. The van der Waals surface area contributed by atoms with Crippen LogP contribution in [0.5, 0.6) is 0 Å². The second-order valence-corrected chi connectivity index (χ2v) is 5.11. The second kappa shape index (κ2) is 5.39. The van der Waals surface area contributed by atoms with Gasteiger partial charge in [0, 0.05) is 17.1 Å². The quantitative estimate of drug-likeness (QED) is 0.866. The van der Waals surface area contributed by atoms with Crippen LogP contribution in [0.3, 0.4) is 0 Å². The minimum Gasteiger partial charge on any atom is -0.312 e. The van der Waals surface area contributed by atoms with Crippen LogP contribution in [0, 0.1) is 0 Å². The van der Waals surface area contributed by atoms with Gasteiger partial charge in [0.05, 0.1) is 5.51 Å². The van der Waals surface area contributed by atoms with Gasteiger partial charge in [-0.15, -0.1) is 11.3 Å². The molecule has 15 heavy (non-hydrogen) atoms. The lowest BCUT2D eigenvalue weighted by Gasteiger charge is -2.12. The summed E-state index contributed by atoms with van der Waals surface area (Å²) >= 11 is 3.49. The molecule has 0 saturated heterocycles. The molecule has 2 rings (SSSR count). The molecule has 0 aliphatic heterocycles. The monoisotopic (exact) mass is 238 g/mol. The lowest BCUT2D eigenvalue weighted by Crippen LogP contribution is -2.15. The Hall–Kier alpha value is -0.710. The average molecular weight is 238 g/mol. The maximum atomic E-state index is 4.12. The zero-order valence-electron chi connectivity index (χ0n) is 8.64. The maximum Gasteiger partial charge on any atom is 0.0794 e. The van der Waals surface area contributed by atoms with E-state index in [4.69, 9.17) is 0 Å². The molecule has 1 unspecified atom stereocenters. The first-order valence-electron chi connectivity index (χ1n) is 4.97. The smallest absolute Gasteiger partial charge is 0.0794 e. The predicted molar refractivity (Wildman–Crippen MR) is 66.6 cm³/mol. The molecule has 0 spiro atoms. The van der Waals surface area contributed by atoms with E-state index >= 15 is 0 Å². The van der Waals surface area contributed by atoms with Crippen LogP contribution in [0.4, 0.5) is 0 Å². The molecule has 2 aromatic heterocycles. The number of thiophene rings is 1. The van der Waals surface area contributed by atoms with E-state index in [-0.39, 0.29) is 0 Å². The van der Waals surface area contributed by atoms with E-state index < -0.39 is 0 Å². The van der Waals surface area contributed by atoms with Crippen molar-refractivity contribution in [3.63, 3.8) is 0 Å². The molecule has 0 bridgehead atoms. The molecule has 4 heteroatoms. The minimum absolute atomic E-state index is 0.442. The van der Waals surface area contributed by atoms with Gasteiger partial charge >= 0.3 is 0 Å². The fraction of sp³-hybridized carbons (Fsp3) is 0.364. The van der Waals surface area contributed by atoms with Gasteiger partial charge in [0.1, 0.15) is 0 Å². The maximum absolute atomic E-state index is 4.12. The normalized spacial score (nSPS) is 12.9. The third-order valence-corrected chi connectivity index (χ3v) is 4.07. The van der Waals surface area contributed by atoms with E-state index in [1.807, 2.05) is 18.8 Å². The number of thiazole rings is 1. The molecule has 2 aromatic rings. The Balaban J connectivity index is 1.92. The van der Waals surface area contributed by atoms with Gasteiger partial charge in [0.15, 0.2) is 0 Å². The van der Waals surface area contributed by atoms with Gasteiger partial charge in [0.25, 0.3) is 0 Å². The molecule has 1 N–H and O–H groups in total. The third-order valence-electron chi connectivity index (χ3n) is 2.45. The SMILES string of the molecule is CNC(CCc1ccsc1)c1cncs1. The Bertz CT molecular complexity index is 367. The Kier molecular flexibility index (Phi) is 3.88. The largest absolute Gasteiger partial charge is 0.312 e. The summed E-state index contributed by atoms with van der Waals surface area (Å²) in [7, 11) is 2.01. The molecular weight excluding hydrogens is 224 g/mol. The summed E-state index contributed by atoms with van der Waals surface area (Å²) in [6, 6.07) is 2.64.